The van der Waals surface area contributed by atoms with E-state index in [4.69, 9.17) is 9.72 Å². The molecule has 1 aromatic heterocycles. The molecule has 4 rings (SSSR count). The maximum Gasteiger partial charge on any atom is 0.194 e. The number of ether oxygens (including phenoxy) is 1. The van der Waals surface area contributed by atoms with E-state index in [9.17, 15) is 0 Å². The molecule has 4 unspecified atom stereocenters. The van der Waals surface area contributed by atoms with Crippen LogP contribution >= 0.6 is 11.3 Å². The molecular formula is C18H28N4OS. The van der Waals surface area contributed by atoms with Gasteiger partial charge in [-0.25, -0.2) is 4.98 Å². The van der Waals surface area contributed by atoms with E-state index in [0.717, 1.165) is 30.6 Å². The molecule has 0 radical (unpaired) electrons. The number of nitrogens with one attached hydrogen (secondary N) is 1. The molecule has 6 heteroatoms. The molecule has 132 valence electrons. The van der Waals surface area contributed by atoms with Crippen LogP contribution in [0.1, 0.15) is 44.3 Å². The summed E-state index contributed by atoms with van der Waals surface area (Å²) >= 11 is 1.73. The van der Waals surface area contributed by atoms with Crippen molar-refractivity contribution < 1.29 is 4.74 Å². The number of aromatic nitrogens is 1. The van der Waals surface area contributed by atoms with Crippen LogP contribution in [0.2, 0.25) is 0 Å². The summed E-state index contributed by atoms with van der Waals surface area (Å²) in [6.45, 7) is 9.53. The summed E-state index contributed by atoms with van der Waals surface area (Å²) in [5.74, 6) is 2.42. The molecule has 4 heterocycles. The first-order valence-corrected chi connectivity index (χ1v) is 9.89. The monoisotopic (exact) mass is 348 g/mol. The maximum atomic E-state index is 6.07. The summed E-state index contributed by atoms with van der Waals surface area (Å²) in [6.07, 6.45) is 3.49. The number of likely N-dealkylation sites (tertiary alicyclic amines) is 1. The molecule has 0 aromatic carbocycles. The zero-order chi connectivity index (χ0) is 16.9. The molecule has 3 saturated heterocycles. The molecule has 24 heavy (non-hydrogen) atoms. The first kappa shape index (κ1) is 16.3. The van der Waals surface area contributed by atoms with Gasteiger partial charge in [-0.3, -0.25) is 4.99 Å². The quantitative estimate of drug-likeness (QED) is 0.659. The summed E-state index contributed by atoms with van der Waals surface area (Å²) < 4.78 is 6.07. The van der Waals surface area contributed by atoms with Gasteiger partial charge in [0.1, 0.15) is 5.01 Å². The largest absolute Gasteiger partial charge is 0.374 e. The molecule has 2 bridgehead atoms. The first-order valence-electron chi connectivity index (χ1n) is 9.01. The number of fused-ring (bicyclic) bond motifs is 5. The lowest BCUT2D eigenvalue weighted by Gasteiger charge is -2.23. The van der Waals surface area contributed by atoms with E-state index in [2.05, 4.69) is 41.4 Å². The molecule has 1 N–H and O–H groups in total. The summed E-state index contributed by atoms with van der Waals surface area (Å²) in [5.41, 5.74) is 1.28. The van der Waals surface area contributed by atoms with Gasteiger partial charge in [0.2, 0.25) is 0 Å². The van der Waals surface area contributed by atoms with Crippen molar-refractivity contribution >= 4 is 17.3 Å². The van der Waals surface area contributed by atoms with Gasteiger partial charge >= 0.3 is 0 Å². The Kier molecular flexibility index (Phi) is 4.07. The molecular weight excluding hydrogens is 320 g/mol. The average Bonchev–Trinajstić information content (AvgIpc) is 3.28. The predicted molar refractivity (Wildman–Crippen MR) is 97.5 cm³/mol. The minimum atomic E-state index is 0.113. The second kappa shape index (κ2) is 5.99. The van der Waals surface area contributed by atoms with Crippen LogP contribution in [0.15, 0.2) is 10.4 Å². The zero-order valence-electron chi connectivity index (χ0n) is 15.1. The Balaban J connectivity index is 1.37. The van der Waals surface area contributed by atoms with E-state index < -0.39 is 0 Å². The van der Waals surface area contributed by atoms with Crippen molar-refractivity contribution in [3.8, 4) is 0 Å². The third-order valence-electron chi connectivity index (χ3n) is 5.68. The molecule has 3 aliphatic heterocycles. The second-order valence-corrected chi connectivity index (χ2v) is 9.24. The average molecular weight is 349 g/mol. The van der Waals surface area contributed by atoms with E-state index in [0.29, 0.717) is 24.0 Å². The Hall–Kier alpha value is -1.14. The first-order chi connectivity index (χ1) is 11.5. The van der Waals surface area contributed by atoms with E-state index in [-0.39, 0.29) is 5.41 Å². The van der Waals surface area contributed by atoms with Crippen molar-refractivity contribution in [3.05, 3.63) is 16.1 Å². The van der Waals surface area contributed by atoms with Crippen molar-refractivity contribution in [2.75, 3.05) is 20.1 Å². The van der Waals surface area contributed by atoms with Crippen LogP contribution < -0.4 is 5.32 Å². The Morgan fingerprint density at radius 1 is 1.33 bits per heavy atom. The van der Waals surface area contributed by atoms with Crippen LogP contribution in [0.25, 0.3) is 0 Å². The molecule has 5 nitrogen and oxygen atoms in total. The van der Waals surface area contributed by atoms with E-state index in [1.807, 2.05) is 7.05 Å². The smallest absolute Gasteiger partial charge is 0.194 e. The lowest BCUT2D eigenvalue weighted by atomic mass is 9.82. The van der Waals surface area contributed by atoms with Crippen LogP contribution in [-0.4, -0.2) is 48.2 Å². The van der Waals surface area contributed by atoms with E-state index in [1.54, 1.807) is 11.3 Å². The number of rotatable bonds is 2. The number of hydrogen-bond acceptors (Lipinski definition) is 4. The fraction of sp³-hybridized carbons (Fsp3) is 0.778. The number of aliphatic imine (C=N–C) groups is 1. The highest BCUT2D eigenvalue weighted by Gasteiger charge is 2.53. The number of thiazole rings is 1. The summed E-state index contributed by atoms with van der Waals surface area (Å²) in [7, 11) is 1.88. The third kappa shape index (κ3) is 2.84. The van der Waals surface area contributed by atoms with Gasteiger partial charge < -0.3 is 15.0 Å². The van der Waals surface area contributed by atoms with Crippen molar-refractivity contribution in [3.63, 3.8) is 0 Å². The summed E-state index contributed by atoms with van der Waals surface area (Å²) in [5, 5.41) is 6.82. The van der Waals surface area contributed by atoms with Gasteiger partial charge in [-0.05, 0) is 12.8 Å². The number of hydrogen-bond donors (Lipinski definition) is 1. The van der Waals surface area contributed by atoms with Crippen LogP contribution in [0.5, 0.6) is 0 Å². The van der Waals surface area contributed by atoms with Gasteiger partial charge in [0.05, 0.1) is 24.4 Å². The highest BCUT2D eigenvalue weighted by molar-refractivity contribution is 7.09. The second-order valence-electron chi connectivity index (χ2n) is 8.30. The fourth-order valence-corrected chi connectivity index (χ4v) is 5.32. The lowest BCUT2D eigenvalue weighted by molar-refractivity contribution is 0.0767. The Morgan fingerprint density at radius 3 is 2.54 bits per heavy atom. The molecule has 0 aliphatic carbocycles. The third-order valence-corrected chi connectivity index (χ3v) is 6.53. The van der Waals surface area contributed by atoms with Crippen LogP contribution in [0.3, 0.4) is 0 Å². The van der Waals surface area contributed by atoms with Crippen molar-refractivity contribution in [1.29, 1.82) is 0 Å². The molecule has 1 aromatic rings. The van der Waals surface area contributed by atoms with Gasteiger partial charge in [-0.1, -0.05) is 20.8 Å². The Morgan fingerprint density at radius 2 is 2.00 bits per heavy atom. The van der Waals surface area contributed by atoms with Crippen molar-refractivity contribution in [2.45, 2.75) is 57.8 Å². The van der Waals surface area contributed by atoms with Gasteiger partial charge in [0.15, 0.2) is 5.96 Å². The van der Waals surface area contributed by atoms with Crippen molar-refractivity contribution in [1.82, 2.24) is 15.2 Å². The molecule has 0 saturated carbocycles. The van der Waals surface area contributed by atoms with Crippen molar-refractivity contribution in [2.24, 2.45) is 16.8 Å². The van der Waals surface area contributed by atoms with Crippen LogP contribution in [0.4, 0.5) is 0 Å². The number of guanidine groups is 1. The minimum absolute atomic E-state index is 0.113. The summed E-state index contributed by atoms with van der Waals surface area (Å²) in [4.78, 5) is 11.7. The van der Waals surface area contributed by atoms with Gasteiger partial charge in [-0.2, -0.15) is 0 Å². The van der Waals surface area contributed by atoms with Gasteiger partial charge in [0, 0.05) is 42.8 Å². The standard InChI is InChI=1S/C18H28N4OS/c1-18(2,3)15-10-24-16(21-15)7-20-17(19-4)22-8-11-12(9-22)14-6-5-13(11)23-14/h10-14H,5-9H2,1-4H3,(H,19,20). The molecule has 3 aliphatic rings. The molecule has 4 atom stereocenters. The topological polar surface area (TPSA) is 49.8 Å². The van der Waals surface area contributed by atoms with E-state index >= 15 is 0 Å². The SMILES string of the molecule is CN=C(NCc1nc(C(C)(C)C)cs1)N1CC2C3CCC(O3)C2C1. The summed E-state index contributed by atoms with van der Waals surface area (Å²) in [6, 6.07) is 0. The lowest BCUT2D eigenvalue weighted by Crippen LogP contribution is -2.41. The maximum absolute atomic E-state index is 6.07. The van der Waals surface area contributed by atoms with Crippen LogP contribution in [0, 0.1) is 11.8 Å². The molecule has 3 fully saturated rings. The number of nitrogens with zero attached hydrogens (tertiary/aromatic N) is 3. The fourth-order valence-electron chi connectivity index (χ4n) is 4.36. The predicted octanol–water partition coefficient (Wildman–Crippen LogP) is 2.63. The van der Waals surface area contributed by atoms with Gasteiger partial charge in [-0.15, -0.1) is 11.3 Å². The zero-order valence-corrected chi connectivity index (χ0v) is 15.9. The molecule has 0 spiro atoms. The highest BCUT2D eigenvalue weighted by atomic mass is 32.1. The molecule has 0 amide bonds. The van der Waals surface area contributed by atoms with E-state index in [1.165, 1.54) is 18.5 Å². The highest BCUT2D eigenvalue weighted by Crippen LogP contribution is 2.47. The van der Waals surface area contributed by atoms with Crippen LogP contribution in [-0.2, 0) is 16.7 Å². The minimum Gasteiger partial charge on any atom is -0.374 e. The Labute approximate surface area is 148 Å². The van der Waals surface area contributed by atoms with Gasteiger partial charge in [0.25, 0.3) is 0 Å². The Bertz CT molecular complexity index is 617. The normalized spacial score (nSPS) is 32.5.